The molecule has 0 spiro atoms. The molecule has 6 nitrogen and oxygen atoms in total. The van der Waals surface area contributed by atoms with E-state index in [-0.39, 0.29) is 0 Å². The second-order valence-corrected chi connectivity index (χ2v) is 5.37. The van der Waals surface area contributed by atoms with Crippen molar-refractivity contribution in [1.82, 2.24) is 14.8 Å². The highest BCUT2D eigenvalue weighted by Crippen LogP contribution is 2.32. The maximum absolute atomic E-state index is 5.96. The SMILES string of the molecule is C=C(OC)c1cc(Oc2ccnc(-c3cnn(C)c3)c2)ccc1OC. The van der Waals surface area contributed by atoms with E-state index < -0.39 is 0 Å². The first kappa shape index (κ1) is 16.6. The van der Waals surface area contributed by atoms with Crippen molar-refractivity contribution < 1.29 is 14.2 Å². The lowest BCUT2D eigenvalue weighted by atomic mass is 10.1. The fraction of sp³-hybridized carbons (Fsp3) is 0.158. The van der Waals surface area contributed by atoms with E-state index in [9.17, 15) is 0 Å². The first-order valence-corrected chi connectivity index (χ1v) is 7.65. The van der Waals surface area contributed by atoms with Gasteiger partial charge in [0.15, 0.2) is 0 Å². The average molecular weight is 337 g/mol. The second-order valence-electron chi connectivity index (χ2n) is 5.37. The number of ether oxygens (including phenoxy) is 3. The van der Waals surface area contributed by atoms with Gasteiger partial charge in [0, 0.05) is 31.1 Å². The molecule has 0 aliphatic heterocycles. The van der Waals surface area contributed by atoms with E-state index in [2.05, 4.69) is 16.7 Å². The summed E-state index contributed by atoms with van der Waals surface area (Å²) in [5.74, 6) is 2.50. The van der Waals surface area contributed by atoms with E-state index in [4.69, 9.17) is 14.2 Å². The number of hydrogen-bond donors (Lipinski definition) is 0. The van der Waals surface area contributed by atoms with Gasteiger partial charge in [-0.15, -0.1) is 0 Å². The van der Waals surface area contributed by atoms with Gasteiger partial charge < -0.3 is 14.2 Å². The number of benzene rings is 1. The molecular weight excluding hydrogens is 318 g/mol. The predicted octanol–water partition coefficient (Wildman–Crippen LogP) is 3.90. The Kier molecular flexibility index (Phi) is 4.70. The van der Waals surface area contributed by atoms with Crippen LogP contribution >= 0.6 is 0 Å². The first-order chi connectivity index (χ1) is 12.1. The topological polar surface area (TPSA) is 58.4 Å². The molecule has 0 radical (unpaired) electrons. The van der Waals surface area contributed by atoms with Crippen LogP contribution in [0.25, 0.3) is 17.0 Å². The standard InChI is InChI=1S/C19H19N3O3/c1-13(23-3)17-9-15(5-6-19(17)24-4)25-16-7-8-20-18(10-16)14-11-21-22(2)12-14/h5-12H,1H2,2-4H3. The zero-order valence-electron chi connectivity index (χ0n) is 14.4. The van der Waals surface area contributed by atoms with Crippen LogP contribution in [0, 0.1) is 0 Å². The summed E-state index contributed by atoms with van der Waals surface area (Å²) >= 11 is 0. The van der Waals surface area contributed by atoms with Gasteiger partial charge in [0.2, 0.25) is 0 Å². The number of aryl methyl sites for hydroxylation is 1. The molecule has 25 heavy (non-hydrogen) atoms. The molecule has 0 amide bonds. The lowest BCUT2D eigenvalue weighted by Gasteiger charge is -2.13. The number of nitrogens with zero attached hydrogens (tertiary/aromatic N) is 3. The smallest absolute Gasteiger partial charge is 0.131 e. The number of hydrogen-bond acceptors (Lipinski definition) is 5. The van der Waals surface area contributed by atoms with Crippen LogP contribution in [-0.2, 0) is 11.8 Å². The molecule has 0 saturated heterocycles. The van der Waals surface area contributed by atoms with Crippen LogP contribution in [0.3, 0.4) is 0 Å². The highest BCUT2D eigenvalue weighted by atomic mass is 16.5. The van der Waals surface area contributed by atoms with Crippen molar-refractivity contribution in [3.8, 4) is 28.5 Å². The molecule has 0 aliphatic rings. The fourth-order valence-electron chi connectivity index (χ4n) is 2.40. The maximum Gasteiger partial charge on any atom is 0.131 e. The van der Waals surface area contributed by atoms with Crippen molar-refractivity contribution >= 4 is 5.76 Å². The third-order valence-corrected chi connectivity index (χ3v) is 3.69. The Morgan fingerprint density at radius 1 is 1.12 bits per heavy atom. The van der Waals surface area contributed by atoms with E-state index in [0.717, 1.165) is 16.8 Å². The molecule has 0 aliphatic carbocycles. The van der Waals surface area contributed by atoms with Crippen molar-refractivity contribution in [3.63, 3.8) is 0 Å². The van der Waals surface area contributed by atoms with Crippen molar-refractivity contribution in [2.45, 2.75) is 0 Å². The van der Waals surface area contributed by atoms with Gasteiger partial charge in [0.25, 0.3) is 0 Å². The average Bonchev–Trinajstić information content (AvgIpc) is 3.07. The molecule has 0 bridgehead atoms. The maximum atomic E-state index is 5.96. The lowest BCUT2D eigenvalue weighted by molar-refractivity contribution is 0.362. The van der Waals surface area contributed by atoms with Crippen LogP contribution in [0.1, 0.15) is 5.56 Å². The number of methoxy groups -OCH3 is 2. The monoisotopic (exact) mass is 337 g/mol. The predicted molar refractivity (Wildman–Crippen MR) is 95.6 cm³/mol. The highest BCUT2D eigenvalue weighted by Gasteiger charge is 2.10. The normalized spacial score (nSPS) is 10.4. The number of rotatable bonds is 6. The summed E-state index contributed by atoms with van der Waals surface area (Å²) in [6.07, 6.45) is 5.37. The number of pyridine rings is 1. The Balaban J connectivity index is 1.89. The Hall–Kier alpha value is -3.28. The van der Waals surface area contributed by atoms with Gasteiger partial charge in [-0.1, -0.05) is 6.58 Å². The van der Waals surface area contributed by atoms with E-state index in [0.29, 0.717) is 23.0 Å². The summed E-state index contributed by atoms with van der Waals surface area (Å²) < 4.78 is 18.2. The summed E-state index contributed by atoms with van der Waals surface area (Å²) in [6, 6.07) is 9.14. The minimum atomic E-state index is 0.507. The van der Waals surface area contributed by atoms with Crippen LogP contribution in [0.15, 0.2) is 55.5 Å². The molecule has 0 fully saturated rings. The minimum absolute atomic E-state index is 0.507. The molecule has 0 unspecified atom stereocenters. The van der Waals surface area contributed by atoms with Crippen LogP contribution < -0.4 is 9.47 Å². The third-order valence-electron chi connectivity index (χ3n) is 3.69. The van der Waals surface area contributed by atoms with Crippen LogP contribution in [0.5, 0.6) is 17.2 Å². The van der Waals surface area contributed by atoms with Crippen LogP contribution in [0.4, 0.5) is 0 Å². The molecule has 2 aromatic heterocycles. The quantitative estimate of drug-likeness (QED) is 0.639. The Morgan fingerprint density at radius 2 is 1.92 bits per heavy atom. The number of aromatic nitrogens is 3. The summed E-state index contributed by atoms with van der Waals surface area (Å²) in [4.78, 5) is 4.36. The van der Waals surface area contributed by atoms with Gasteiger partial charge in [-0.2, -0.15) is 5.10 Å². The molecule has 128 valence electrons. The summed E-state index contributed by atoms with van der Waals surface area (Å²) in [5, 5.41) is 4.16. The molecule has 3 aromatic rings. The Morgan fingerprint density at radius 3 is 2.60 bits per heavy atom. The van der Waals surface area contributed by atoms with Gasteiger partial charge in [0.05, 0.1) is 31.7 Å². The molecule has 0 saturated carbocycles. The van der Waals surface area contributed by atoms with Gasteiger partial charge in [-0.05, 0) is 24.3 Å². The van der Waals surface area contributed by atoms with Gasteiger partial charge >= 0.3 is 0 Å². The zero-order valence-corrected chi connectivity index (χ0v) is 14.4. The third kappa shape index (κ3) is 3.63. The zero-order chi connectivity index (χ0) is 17.8. The summed E-state index contributed by atoms with van der Waals surface area (Å²) in [6.45, 7) is 3.88. The van der Waals surface area contributed by atoms with Gasteiger partial charge in [0.1, 0.15) is 23.0 Å². The molecule has 2 heterocycles. The van der Waals surface area contributed by atoms with E-state index in [1.54, 1.807) is 37.4 Å². The minimum Gasteiger partial charge on any atom is -0.497 e. The first-order valence-electron chi connectivity index (χ1n) is 7.65. The molecule has 0 atom stereocenters. The van der Waals surface area contributed by atoms with Crippen molar-refractivity contribution in [2.24, 2.45) is 7.05 Å². The van der Waals surface area contributed by atoms with E-state index in [1.165, 1.54) is 0 Å². The molecule has 0 N–H and O–H groups in total. The Labute approximate surface area is 146 Å². The van der Waals surface area contributed by atoms with Crippen LogP contribution in [-0.4, -0.2) is 29.0 Å². The largest absolute Gasteiger partial charge is 0.497 e. The molecule has 1 aromatic carbocycles. The fourth-order valence-corrected chi connectivity index (χ4v) is 2.40. The highest BCUT2D eigenvalue weighted by molar-refractivity contribution is 5.66. The lowest BCUT2D eigenvalue weighted by Crippen LogP contribution is -1.94. The van der Waals surface area contributed by atoms with E-state index >= 15 is 0 Å². The van der Waals surface area contributed by atoms with E-state index in [1.807, 2.05) is 37.5 Å². The van der Waals surface area contributed by atoms with Gasteiger partial charge in [-0.3, -0.25) is 9.67 Å². The van der Waals surface area contributed by atoms with Crippen molar-refractivity contribution in [3.05, 3.63) is 61.1 Å². The molecular formula is C19H19N3O3. The van der Waals surface area contributed by atoms with Gasteiger partial charge in [-0.25, -0.2) is 0 Å². The second kappa shape index (κ2) is 7.09. The van der Waals surface area contributed by atoms with Crippen LogP contribution in [0.2, 0.25) is 0 Å². The Bertz CT molecular complexity index is 902. The summed E-state index contributed by atoms with van der Waals surface area (Å²) in [7, 11) is 5.04. The molecule has 6 heteroatoms. The molecule has 3 rings (SSSR count). The summed E-state index contributed by atoms with van der Waals surface area (Å²) in [5.41, 5.74) is 2.46. The van der Waals surface area contributed by atoms with Crippen molar-refractivity contribution in [1.29, 1.82) is 0 Å². The van der Waals surface area contributed by atoms with Crippen molar-refractivity contribution in [2.75, 3.05) is 14.2 Å².